The number of hydrogen-bond acceptors (Lipinski definition) is 2. The van der Waals surface area contributed by atoms with Crippen molar-refractivity contribution in [1.29, 1.82) is 0 Å². The Bertz CT molecular complexity index is 298. The molecule has 1 rings (SSSR count). The predicted molar refractivity (Wildman–Crippen MR) is 65.4 cm³/mol. The molecule has 0 aliphatic rings. The highest BCUT2D eigenvalue weighted by Crippen LogP contribution is 2.05. The lowest BCUT2D eigenvalue weighted by molar-refractivity contribution is -0.145. The van der Waals surface area contributed by atoms with Crippen LogP contribution in [0.25, 0.3) is 0 Å². The summed E-state index contributed by atoms with van der Waals surface area (Å²) in [4.78, 5) is 11.3. The normalized spacial score (nSPS) is 10.1. The minimum Gasteiger partial charge on any atom is -0.461 e. The maximum Gasteiger partial charge on any atom is 0.306 e. The van der Waals surface area contributed by atoms with E-state index in [0.29, 0.717) is 18.9 Å². The first kappa shape index (κ1) is 13.0. The summed E-state index contributed by atoms with van der Waals surface area (Å²) in [6, 6.07) is 9.70. The van der Waals surface area contributed by atoms with Gasteiger partial charge in [-0.1, -0.05) is 36.8 Å². The van der Waals surface area contributed by atoms with Gasteiger partial charge < -0.3 is 4.74 Å². The molecule has 0 unspecified atom stereocenters. The molecule has 0 radical (unpaired) electrons. The van der Waals surface area contributed by atoms with Gasteiger partial charge in [-0.2, -0.15) is 0 Å². The van der Waals surface area contributed by atoms with Crippen molar-refractivity contribution < 1.29 is 9.53 Å². The largest absolute Gasteiger partial charge is 0.461 e. The van der Waals surface area contributed by atoms with Crippen molar-refractivity contribution in [2.24, 2.45) is 0 Å². The third-order valence-electron chi connectivity index (χ3n) is 2.26. The molecule has 2 nitrogen and oxygen atoms in total. The molecule has 0 N–H and O–H groups in total. The molecule has 0 heterocycles. The van der Waals surface area contributed by atoms with E-state index in [0.717, 1.165) is 24.8 Å². The average Bonchev–Trinajstić information content (AvgIpc) is 2.33. The summed E-state index contributed by atoms with van der Waals surface area (Å²) in [5, 5.41) is 0. The maximum atomic E-state index is 11.3. The Hall–Kier alpha value is -1.02. The van der Waals surface area contributed by atoms with Crippen LogP contribution < -0.4 is 0 Å². The van der Waals surface area contributed by atoms with E-state index < -0.39 is 0 Å². The molecular weight excluding hydrogens is 224 g/mol. The topological polar surface area (TPSA) is 26.3 Å². The molecule has 1 aromatic carbocycles. The van der Waals surface area contributed by atoms with Gasteiger partial charge in [0.2, 0.25) is 0 Å². The molecule has 0 atom stereocenters. The number of ether oxygens (including phenoxy) is 1. The Labute approximate surface area is 102 Å². The lowest BCUT2D eigenvalue weighted by Gasteiger charge is -2.04. The van der Waals surface area contributed by atoms with Gasteiger partial charge in [0.15, 0.2) is 0 Å². The zero-order chi connectivity index (χ0) is 11.6. The van der Waals surface area contributed by atoms with Gasteiger partial charge in [0, 0.05) is 12.3 Å². The number of esters is 1. The summed E-state index contributed by atoms with van der Waals surface area (Å²) < 4.78 is 5.14. The van der Waals surface area contributed by atoms with Gasteiger partial charge >= 0.3 is 5.97 Å². The van der Waals surface area contributed by atoms with E-state index >= 15 is 0 Å². The highest BCUT2D eigenvalue weighted by molar-refractivity contribution is 6.17. The summed E-state index contributed by atoms with van der Waals surface area (Å²) >= 11 is 5.54. The molecule has 88 valence electrons. The van der Waals surface area contributed by atoms with Crippen molar-refractivity contribution >= 4 is 17.6 Å². The molecule has 1 aromatic rings. The molecular formula is C13H17ClO2. The summed E-state index contributed by atoms with van der Waals surface area (Å²) in [5.41, 5.74) is 1.02. The molecule has 0 aliphatic carbocycles. The summed E-state index contributed by atoms with van der Waals surface area (Å²) in [6.07, 6.45) is 3.31. The minimum atomic E-state index is -0.126. The van der Waals surface area contributed by atoms with E-state index in [-0.39, 0.29) is 5.97 Å². The SMILES string of the molecule is O=C(CCCCCCl)OCc1ccccc1. The molecule has 0 fully saturated rings. The summed E-state index contributed by atoms with van der Waals surface area (Å²) in [6.45, 7) is 0.370. The third-order valence-corrected chi connectivity index (χ3v) is 2.52. The lowest BCUT2D eigenvalue weighted by atomic mass is 10.2. The third kappa shape index (κ3) is 5.76. The Morgan fingerprint density at radius 3 is 2.56 bits per heavy atom. The number of rotatable bonds is 7. The number of unbranched alkanes of at least 4 members (excludes halogenated alkanes) is 2. The van der Waals surface area contributed by atoms with E-state index in [1.807, 2.05) is 30.3 Å². The first-order valence-electron chi connectivity index (χ1n) is 5.58. The van der Waals surface area contributed by atoms with E-state index in [9.17, 15) is 4.79 Å². The second-order valence-electron chi connectivity index (χ2n) is 3.65. The van der Waals surface area contributed by atoms with E-state index in [1.54, 1.807) is 0 Å². The second kappa shape index (κ2) is 8.17. The number of alkyl halides is 1. The van der Waals surface area contributed by atoms with Crippen LogP contribution in [0.15, 0.2) is 30.3 Å². The Morgan fingerprint density at radius 2 is 1.88 bits per heavy atom. The van der Waals surface area contributed by atoms with E-state index in [2.05, 4.69) is 0 Å². The van der Waals surface area contributed by atoms with Gasteiger partial charge in [-0.25, -0.2) is 0 Å². The van der Waals surface area contributed by atoms with Crippen molar-refractivity contribution in [3.63, 3.8) is 0 Å². The van der Waals surface area contributed by atoms with Crippen LogP contribution in [-0.4, -0.2) is 11.8 Å². The number of carbonyl (C=O) groups is 1. The molecule has 0 amide bonds. The van der Waals surface area contributed by atoms with Gasteiger partial charge in [0.25, 0.3) is 0 Å². The number of hydrogen-bond donors (Lipinski definition) is 0. The first-order valence-corrected chi connectivity index (χ1v) is 6.12. The molecule has 3 heteroatoms. The van der Waals surface area contributed by atoms with Crippen LogP contribution in [0.2, 0.25) is 0 Å². The Balaban J connectivity index is 2.11. The van der Waals surface area contributed by atoms with Crippen molar-refractivity contribution in [3.8, 4) is 0 Å². The van der Waals surface area contributed by atoms with Crippen molar-refractivity contribution in [3.05, 3.63) is 35.9 Å². The number of benzene rings is 1. The number of halogens is 1. The lowest BCUT2D eigenvalue weighted by Crippen LogP contribution is -2.04. The summed E-state index contributed by atoms with van der Waals surface area (Å²) in [7, 11) is 0. The van der Waals surface area contributed by atoms with Crippen LogP contribution >= 0.6 is 11.6 Å². The first-order chi connectivity index (χ1) is 7.83. The Kier molecular flexibility index (Phi) is 6.66. The summed E-state index contributed by atoms with van der Waals surface area (Å²) in [5.74, 6) is 0.539. The van der Waals surface area contributed by atoms with Crippen molar-refractivity contribution in [1.82, 2.24) is 0 Å². The van der Waals surface area contributed by atoms with Gasteiger partial charge in [-0.05, 0) is 18.4 Å². The second-order valence-corrected chi connectivity index (χ2v) is 4.02. The fraction of sp³-hybridized carbons (Fsp3) is 0.462. The van der Waals surface area contributed by atoms with Crippen LogP contribution in [0.4, 0.5) is 0 Å². The van der Waals surface area contributed by atoms with Crippen molar-refractivity contribution in [2.45, 2.75) is 32.3 Å². The van der Waals surface area contributed by atoms with Crippen LogP contribution in [0.1, 0.15) is 31.2 Å². The standard InChI is InChI=1S/C13H17ClO2/c14-10-6-2-5-9-13(15)16-11-12-7-3-1-4-8-12/h1,3-4,7-8H,2,5-6,9-11H2. The highest BCUT2D eigenvalue weighted by atomic mass is 35.5. The molecule has 0 spiro atoms. The minimum absolute atomic E-state index is 0.126. The smallest absolute Gasteiger partial charge is 0.306 e. The fourth-order valence-corrected chi connectivity index (χ4v) is 1.54. The fourth-order valence-electron chi connectivity index (χ4n) is 1.35. The van der Waals surface area contributed by atoms with Crippen LogP contribution in [0.5, 0.6) is 0 Å². The van der Waals surface area contributed by atoms with Gasteiger partial charge in [-0.15, -0.1) is 11.6 Å². The number of carbonyl (C=O) groups excluding carboxylic acids is 1. The molecule has 0 aromatic heterocycles. The quantitative estimate of drug-likeness (QED) is 0.414. The Morgan fingerprint density at radius 1 is 1.12 bits per heavy atom. The molecule has 0 saturated carbocycles. The average molecular weight is 241 g/mol. The van der Waals surface area contributed by atoms with E-state index in [1.165, 1.54) is 0 Å². The van der Waals surface area contributed by atoms with Gasteiger partial charge in [0.1, 0.15) is 6.61 Å². The molecule has 0 bridgehead atoms. The van der Waals surface area contributed by atoms with Crippen LogP contribution in [-0.2, 0) is 16.1 Å². The van der Waals surface area contributed by atoms with Gasteiger partial charge in [-0.3, -0.25) is 4.79 Å². The monoisotopic (exact) mass is 240 g/mol. The maximum absolute atomic E-state index is 11.3. The molecule has 0 aliphatic heterocycles. The van der Waals surface area contributed by atoms with Crippen molar-refractivity contribution in [2.75, 3.05) is 5.88 Å². The van der Waals surface area contributed by atoms with Crippen LogP contribution in [0, 0.1) is 0 Å². The van der Waals surface area contributed by atoms with E-state index in [4.69, 9.17) is 16.3 Å². The van der Waals surface area contributed by atoms with Gasteiger partial charge in [0.05, 0.1) is 0 Å². The predicted octanol–water partition coefficient (Wildman–Crippen LogP) is 3.53. The zero-order valence-electron chi connectivity index (χ0n) is 9.32. The molecule has 0 saturated heterocycles. The zero-order valence-corrected chi connectivity index (χ0v) is 10.1. The molecule has 16 heavy (non-hydrogen) atoms. The highest BCUT2D eigenvalue weighted by Gasteiger charge is 2.02. The van der Waals surface area contributed by atoms with Crippen LogP contribution in [0.3, 0.4) is 0 Å².